The van der Waals surface area contributed by atoms with Gasteiger partial charge in [0.2, 0.25) is 5.95 Å². The highest BCUT2D eigenvalue weighted by molar-refractivity contribution is 7.47. The lowest BCUT2D eigenvalue weighted by atomic mass is 10.1. The van der Waals surface area contributed by atoms with E-state index in [0.717, 1.165) is 12.7 Å². The minimum absolute atomic E-state index is 0.0456. The first-order valence-electron chi connectivity index (χ1n) is 13.3. The number of H-pyrrole nitrogens is 1. The quantitative estimate of drug-likeness (QED) is 0.131. The summed E-state index contributed by atoms with van der Waals surface area (Å²) in [5.41, 5.74) is 11.0. The second-order valence-electron chi connectivity index (χ2n) is 10.3. The van der Waals surface area contributed by atoms with Crippen molar-refractivity contribution in [3.8, 4) is 0 Å². The predicted octanol–water partition coefficient (Wildman–Crippen LogP) is -1.69. The van der Waals surface area contributed by atoms with Gasteiger partial charge < -0.3 is 40.6 Å². The third kappa shape index (κ3) is 5.39. The maximum absolute atomic E-state index is 13.4. The van der Waals surface area contributed by atoms with Crippen LogP contribution in [0.15, 0.2) is 23.8 Å². The molecule has 23 nitrogen and oxygen atoms in total. The Bertz CT molecular complexity index is 1950. The van der Waals surface area contributed by atoms with Crippen molar-refractivity contribution in [1.29, 1.82) is 0 Å². The number of aliphatic hydroxyl groups excluding tert-OH is 1. The van der Waals surface area contributed by atoms with E-state index in [2.05, 4.69) is 29.9 Å². The van der Waals surface area contributed by atoms with Gasteiger partial charge >= 0.3 is 15.6 Å². The van der Waals surface area contributed by atoms with Crippen LogP contribution in [0.25, 0.3) is 22.3 Å². The van der Waals surface area contributed by atoms with Crippen LogP contribution < -0.4 is 17.0 Å². The normalized spacial score (nSPS) is 37.1. The number of nitrogens with two attached hydrogens (primary N) is 2. The number of ether oxygens (including phenoxy) is 3. The number of aromatic amines is 1. The van der Waals surface area contributed by atoms with E-state index in [4.69, 9.17) is 43.8 Å². The second-order valence-corrected chi connectivity index (χ2v) is 13.2. The van der Waals surface area contributed by atoms with Gasteiger partial charge in [0.25, 0.3) is 5.56 Å². The number of phosphoric ester groups is 2. The van der Waals surface area contributed by atoms with Gasteiger partial charge in [-0.3, -0.25) is 37.0 Å². The number of methoxy groups -OCH3 is 1. The van der Waals surface area contributed by atoms with E-state index in [0.29, 0.717) is 0 Å². The number of imidazole rings is 2. The molecule has 0 spiro atoms. The molecule has 4 aromatic rings. The summed E-state index contributed by atoms with van der Waals surface area (Å²) >= 11 is 0. The summed E-state index contributed by atoms with van der Waals surface area (Å²) in [5, 5.41) is 11.2. The smallest absolute Gasteiger partial charge is 0.386 e. The number of aromatic nitrogens is 8. The van der Waals surface area contributed by atoms with E-state index >= 15 is 0 Å². The van der Waals surface area contributed by atoms with Gasteiger partial charge in [-0.2, -0.15) is 4.98 Å². The maximum atomic E-state index is 13.4. The number of phosphoric acid groups is 2. The molecule has 6 unspecified atom stereocenters. The Balaban J connectivity index is 1.22. The summed E-state index contributed by atoms with van der Waals surface area (Å²) in [6.45, 7) is -1.47. The molecule has 2 bridgehead atoms. The Morgan fingerprint density at radius 2 is 1.54 bits per heavy atom. The molecule has 248 valence electrons. The van der Waals surface area contributed by atoms with Crippen LogP contribution in [-0.4, -0.2) is 111 Å². The molecule has 0 radical (unpaired) electrons. The van der Waals surface area contributed by atoms with Gasteiger partial charge in [-0.25, -0.2) is 29.1 Å². The molecule has 3 saturated heterocycles. The number of hydrogen-bond acceptors (Lipinski definition) is 18. The lowest BCUT2D eigenvalue weighted by Crippen LogP contribution is -2.37. The zero-order valence-electron chi connectivity index (χ0n) is 23.4. The Morgan fingerprint density at radius 1 is 0.913 bits per heavy atom. The molecule has 4 aromatic heterocycles. The van der Waals surface area contributed by atoms with Crippen molar-refractivity contribution in [2.45, 2.75) is 49.1 Å². The fourth-order valence-corrected chi connectivity index (χ4v) is 7.46. The van der Waals surface area contributed by atoms with Crippen LogP contribution in [0.3, 0.4) is 0 Å². The lowest BCUT2D eigenvalue weighted by molar-refractivity contribution is -0.0673. The standard InChI is InChI=1S/C21H26N10O13P2/c1-38-13-8-3-40-45(34,35)43-12-7(41-19(11(12)32)30-5-26-9-15(22)24-4-25-16(9)30)2-39-46(36,37)44-14(13)20(42-8)31-6-27-10-17(31)28-21(23)29-18(10)33/h4-8,11-14,19-20,32H,2-3H2,1H3,(H,34,35)(H,36,37)(H2,22,24,25)(H3,23,28,29,33)/t7-,8-,11?,12?,13?,14?,19-,20-/m1/s1. The highest BCUT2D eigenvalue weighted by Crippen LogP contribution is 2.54. The van der Waals surface area contributed by atoms with Crippen molar-refractivity contribution in [1.82, 2.24) is 39.0 Å². The summed E-state index contributed by atoms with van der Waals surface area (Å²) in [5.74, 6) is -0.204. The molecule has 46 heavy (non-hydrogen) atoms. The van der Waals surface area contributed by atoms with E-state index in [1.54, 1.807) is 0 Å². The summed E-state index contributed by atoms with van der Waals surface area (Å²) in [6, 6.07) is 0. The molecular weight excluding hydrogens is 662 g/mol. The van der Waals surface area contributed by atoms with Crippen molar-refractivity contribution >= 4 is 49.7 Å². The number of hydrogen-bond donors (Lipinski definition) is 6. The summed E-state index contributed by atoms with van der Waals surface area (Å²) < 4.78 is 67.7. The molecule has 0 saturated carbocycles. The molecule has 3 aliphatic heterocycles. The predicted molar refractivity (Wildman–Crippen MR) is 148 cm³/mol. The van der Waals surface area contributed by atoms with Gasteiger partial charge in [0.15, 0.2) is 35.1 Å². The molecule has 8 N–H and O–H groups in total. The van der Waals surface area contributed by atoms with E-state index in [1.165, 1.54) is 22.6 Å². The average Bonchev–Trinajstić information content (AvgIpc) is 3.75. The van der Waals surface area contributed by atoms with Crippen molar-refractivity contribution < 1.29 is 56.3 Å². The first-order valence-corrected chi connectivity index (χ1v) is 16.3. The van der Waals surface area contributed by atoms with E-state index in [1.807, 2.05) is 0 Å². The number of nitrogen functional groups attached to an aromatic ring is 2. The Labute approximate surface area is 255 Å². The molecular formula is C21H26N10O13P2. The van der Waals surface area contributed by atoms with Crippen molar-refractivity contribution in [3.05, 3.63) is 29.3 Å². The average molecular weight is 688 g/mol. The van der Waals surface area contributed by atoms with Gasteiger partial charge in [-0.05, 0) is 0 Å². The van der Waals surface area contributed by atoms with Crippen LogP contribution in [0.4, 0.5) is 11.8 Å². The second kappa shape index (κ2) is 11.4. The maximum Gasteiger partial charge on any atom is 0.472 e. The monoisotopic (exact) mass is 688 g/mol. The Kier molecular flexibility index (Phi) is 7.70. The number of nitrogens with zero attached hydrogens (tertiary/aromatic N) is 7. The zero-order valence-corrected chi connectivity index (χ0v) is 25.2. The zero-order chi connectivity index (χ0) is 32.5. The number of nitrogens with one attached hydrogen (secondary N) is 1. The highest BCUT2D eigenvalue weighted by Gasteiger charge is 2.54. The van der Waals surface area contributed by atoms with Gasteiger partial charge in [-0.15, -0.1) is 0 Å². The Morgan fingerprint density at radius 3 is 2.26 bits per heavy atom. The Hall–Kier alpha value is -3.44. The highest BCUT2D eigenvalue weighted by atomic mass is 31.2. The summed E-state index contributed by atoms with van der Waals surface area (Å²) in [4.78, 5) is 56.3. The number of rotatable bonds is 3. The van der Waals surface area contributed by atoms with Crippen LogP contribution in [0, 0.1) is 0 Å². The lowest BCUT2D eigenvalue weighted by Gasteiger charge is -2.26. The first kappa shape index (κ1) is 31.2. The SMILES string of the molecule is COC1C2OP(=O)(O)OC[C@H]3O[C@@H](n4cnc5c(N)ncnc54)C(O)C3OP(=O)(O)OC[C@H]1O[C@H]2n1cnc2c(=O)[nH]c(N)nc21. The molecule has 0 aromatic carbocycles. The molecule has 25 heteroatoms. The number of fused-ring (bicyclic) bond motifs is 5. The summed E-state index contributed by atoms with van der Waals surface area (Å²) in [6.07, 6.45) is -7.85. The minimum Gasteiger partial charge on any atom is -0.386 e. The molecule has 7 rings (SSSR count). The topological polar surface area (TPSA) is 319 Å². The molecule has 10 atom stereocenters. The van der Waals surface area contributed by atoms with Crippen LogP contribution in [-0.2, 0) is 41.4 Å². The number of anilines is 2. The van der Waals surface area contributed by atoms with Gasteiger partial charge in [0.05, 0.1) is 25.9 Å². The van der Waals surface area contributed by atoms with Gasteiger partial charge in [-0.1, -0.05) is 0 Å². The molecule has 7 heterocycles. The van der Waals surface area contributed by atoms with Crippen LogP contribution >= 0.6 is 15.6 Å². The fourth-order valence-electron chi connectivity index (χ4n) is 5.57. The fraction of sp³-hybridized carbons (Fsp3) is 0.524. The largest absolute Gasteiger partial charge is 0.472 e. The summed E-state index contributed by atoms with van der Waals surface area (Å²) in [7, 11) is -8.83. The van der Waals surface area contributed by atoms with E-state index < -0.39 is 83.5 Å². The van der Waals surface area contributed by atoms with E-state index in [-0.39, 0.29) is 34.1 Å². The van der Waals surface area contributed by atoms with Gasteiger partial charge in [0.1, 0.15) is 48.5 Å². The molecule has 3 aliphatic rings. The third-order valence-corrected chi connectivity index (χ3v) is 9.54. The van der Waals surface area contributed by atoms with Gasteiger partial charge in [0, 0.05) is 7.11 Å². The molecule has 0 amide bonds. The van der Waals surface area contributed by atoms with Crippen LogP contribution in [0.2, 0.25) is 0 Å². The van der Waals surface area contributed by atoms with Crippen LogP contribution in [0.1, 0.15) is 12.5 Å². The molecule has 3 fully saturated rings. The van der Waals surface area contributed by atoms with Crippen molar-refractivity contribution in [2.75, 3.05) is 31.8 Å². The third-order valence-electron chi connectivity index (χ3n) is 7.57. The number of aliphatic hydroxyl groups is 1. The molecule has 0 aliphatic carbocycles. The van der Waals surface area contributed by atoms with Crippen molar-refractivity contribution in [3.63, 3.8) is 0 Å². The minimum atomic E-state index is -5.05. The van der Waals surface area contributed by atoms with E-state index in [9.17, 15) is 28.8 Å². The van der Waals surface area contributed by atoms with Crippen LogP contribution in [0.5, 0.6) is 0 Å². The van der Waals surface area contributed by atoms with Crippen molar-refractivity contribution in [2.24, 2.45) is 0 Å². The first-order chi connectivity index (χ1) is 21.9.